The Labute approximate surface area is 88.2 Å². The Kier molecular flexibility index (Phi) is 16.9. The zero-order chi connectivity index (χ0) is 11.2. The van der Waals surface area contributed by atoms with Crippen LogP contribution in [0.15, 0.2) is 5.34 Å². The first-order chi connectivity index (χ1) is 6.68. The third-order valence-corrected chi connectivity index (χ3v) is 1.80. The Morgan fingerprint density at radius 2 is 1.64 bits per heavy atom. The van der Waals surface area contributed by atoms with Crippen LogP contribution in [-0.2, 0) is 4.84 Å². The minimum absolute atomic E-state index is 0.446. The van der Waals surface area contributed by atoms with Gasteiger partial charge < -0.3 is 4.84 Å². The average Bonchev–Trinajstić information content (AvgIpc) is 2.16. The van der Waals surface area contributed by atoms with Crippen LogP contribution in [0.2, 0.25) is 0 Å². The van der Waals surface area contributed by atoms with Crippen molar-refractivity contribution in [2.75, 3.05) is 6.61 Å². The van der Waals surface area contributed by atoms with E-state index in [0.29, 0.717) is 12.5 Å². The van der Waals surface area contributed by atoms with Gasteiger partial charge in [0.2, 0.25) is 0 Å². The third-order valence-electron chi connectivity index (χ3n) is 1.80. The van der Waals surface area contributed by atoms with Crippen molar-refractivity contribution in [2.24, 2.45) is 11.3 Å². The molecule has 0 saturated heterocycles. The molecule has 0 unspecified atom stereocenters. The lowest BCUT2D eigenvalue weighted by Gasteiger charge is -1.98. The van der Waals surface area contributed by atoms with Crippen LogP contribution in [0, 0.1) is 10.8 Å². The van der Waals surface area contributed by atoms with Crippen molar-refractivity contribution >= 4 is 0 Å². The highest BCUT2D eigenvalue weighted by Crippen LogP contribution is 1.98. The van der Waals surface area contributed by atoms with Crippen LogP contribution in [0.25, 0.3) is 0 Å². The van der Waals surface area contributed by atoms with Gasteiger partial charge in [-0.3, -0.25) is 0 Å². The lowest BCUT2D eigenvalue weighted by Crippen LogP contribution is -1.93. The van der Waals surface area contributed by atoms with Crippen molar-refractivity contribution in [1.29, 1.82) is 0 Å². The Balaban J connectivity index is 0. The van der Waals surface area contributed by atoms with Gasteiger partial charge in [-0.1, -0.05) is 53.4 Å². The molecule has 0 saturated carbocycles. The first kappa shape index (κ1) is 15.9. The molecule has 0 aromatic heterocycles. The molecule has 0 radical (unpaired) electrons. The van der Waals surface area contributed by atoms with E-state index in [1.54, 1.807) is 0 Å². The van der Waals surface area contributed by atoms with Gasteiger partial charge in [0.05, 0.1) is 0 Å². The minimum Gasteiger partial charge on any atom is -0.364 e. The maximum Gasteiger partial charge on any atom is 0.155 e. The fourth-order valence-corrected chi connectivity index (χ4v) is 0.826. The summed E-state index contributed by atoms with van der Waals surface area (Å²) in [5.74, 6) is 0.580. The molecule has 0 aliphatic rings. The van der Waals surface area contributed by atoms with Crippen LogP contribution in [0.5, 0.6) is 0 Å². The molecule has 0 aromatic rings. The van der Waals surface area contributed by atoms with Gasteiger partial charge >= 0.3 is 0 Å². The van der Waals surface area contributed by atoms with Gasteiger partial charge in [-0.25, -0.2) is 0 Å². The van der Waals surface area contributed by atoms with Crippen molar-refractivity contribution in [3.05, 3.63) is 4.91 Å². The second-order valence-electron chi connectivity index (χ2n) is 3.80. The lowest BCUT2D eigenvalue weighted by molar-refractivity contribution is 0.128. The fourth-order valence-electron chi connectivity index (χ4n) is 0.826. The van der Waals surface area contributed by atoms with E-state index in [9.17, 15) is 4.91 Å². The predicted octanol–water partition coefficient (Wildman–Crippen LogP) is 4.32. The van der Waals surface area contributed by atoms with E-state index < -0.39 is 0 Å². The van der Waals surface area contributed by atoms with Crippen molar-refractivity contribution in [3.63, 3.8) is 0 Å². The van der Waals surface area contributed by atoms with Crippen molar-refractivity contribution < 1.29 is 4.84 Å². The van der Waals surface area contributed by atoms with Crippen LogP contribution >= 0.6 is 0 Å². The molecule has 0 rings (SSSR count). The molecule has 0 aromatic carbocycles. The highest BCUT2D eigenvalue weighted by Gasteiger charge is 1.91. The van der Waals surface area contributed by atoms with Gasteiger partial charge in [0.25, 0.3) is 0 Å². The molecule has 86 valence electrons. The summed E-state index contributed by atoms with van der Waals surface area (Å²) < 4.78 is 0. The summed E-state index contributed by atoms with van der Waals surface area (Å²) in [5.41, 5.74) is 0. The van der Waals surface area contributed by atoms with Gasteiger partial charge in [0.15, 0.2) is 5.34 Å². The van der Waals surface area contributed by atoms with E-state index in [2.05, 4.69) is 37.9 Å². The SMILES string of the molecule is CC(C)CCON=O.CCCCCC. The van der Waals surface area contributed by atoms with Crippen LogP contribution in [-0.4, -0.2) is 6.61 Å². The third kappa shape index (κ3) is 22.5. The largest absolute Gasteiger partial charge is 0.364 e. The summed E-state index contributed by atoms with van der Waals surface area (Å²) in [6, 6.07) is 0. The predicted molar refractivity (Wildman–Crippen MR) is 61.0 cm³/mol. The van der Waals surface area contributed by atoms with E-state index in [1.807, 2.05) is 0 Å². The normalized spacial score (nSPS) is 9.21. The molecule has 0 spiro atoms. The maximum absolute atomic E-state index is 9.31. The van der Waals surface area contributed by atoms with Crippen LogP contribution in [0.3, 0.4) is 0 Å². The highest BCUT2D eigenvalue weighted by molar-refractivity contribution is 4.40. The number of nitrogens with zero attached hydrogens (tertiary/aromatic N) is 1. The quantitative estimate of drug-likeness (QED) is 0.351. The molecule has 0 aliphatic heterocycles. The first-order valence-electron chi connectivity index (χ1n) is 5.63. The zero-order valence-electron chi connectivity index (χ0n) is 10.1. The van der Waals surface area contributed by atoms with Gasteiger partial charge in [-0.2, -0.15) is 0 Å². The summed E-state index contributed by atoms with van der Waals surface area (Å²) in [4.78, 5) is 13.5. The summed E-state index contributed by atoms with van der Waals surface area (Å²) in [6.07, 6.45) is 6.43. The van der Waals surface area contributed by atoms with E-state index >= 15 is 0 Å². The number of hydrogen-bond donors (Lipinski definition) is 0. The molecule has 0 N–H and O–H groups in total. The van der Waals surface area contributed by atoms with Crippen LogP contribution in [0.1, 0.15) is 59.8 Å². The Morgan fingerprint density at radius 3 is 1.93 bits per heavy atom. The molecule has 14 heavy (non-hydrogen) atoms. The topological polar surface area (TPSA) is 38.7 Å². The molecule has 0 bridgehead atoms. The smallest absolute Gasteiger partial charge is 0.155 e. The van der Waals surface area contributed by atoms with Gasteiger partial charge in [0, 0.05) is 0 Å². The lowest BCUT2D eigenvalue weighted by atomic mass is 10.1. The first-order valence-corrected chi connectivity index (χ1v) is 5.63. The van der Waals surface area contributed by atoms with Crippen molar-refractivity contribution in [2.45, 2.75) is 59.8 Å². The second kappa shape index (κ2) is 14.9. The van der Waals surface area contributed by atoms with Crippen LogP contribution < -0.4 is 0 Å². The summed E-state index contributed by atoms with van der Waals surface area (Å²) in [6.45, 7) is 9.04. The second-order valence-corrected chi connectivity index (χ2v) is 3.80. The number of rotatable bonds is 7. The van der Waals surface area contributed by atoms with E-state index in [-0.39, 0.29) is 0 Å². The molecule has 3 nitrogen and oxygen atoms in total. The fraction of sp³-hybridized carbons (Fsp3) is 1.00. The monoisotopic (exact) mass is 203 g/mol. The van der Waals surface area contributed by atoms with Crippen molar-refractivity contribution in [3.8, 4) is 0 Å². The molecule has 0 amide bonds. The highest BCUT2D eigenvalue weighted by atomic mass is 16.7. The molecule has 0 atom stereocenters. The van der Waals surface area contributed by atoms with Crippen LogP contribution in [0.4, 0.5) is 0 Å². The van der Waals surface area contributed by atoms with Gasteiger partial charge in [0.1, 0.15) is 6.61 Å². The summed E-state index contributed by atoms with van der Waals surface area (Å²) in [7, 11) is 0. The molecular weight excluding hydrogens is 178 g/mol. The Hall–Kier alpha value is -0.600. The van der Waals surface area contributed by atoms with E-state index in [1.165, 1.54) is 25.7 Å². The Morgan fingerprint density at radius 1 is 1.14 bits per heavy atom. The summed E-state index contributed by atoms with van der Waals surface area (Å²) >= 11 is 0. The average molecular weight is 203 g/mol. The van der Waals surface area contributed by atoms with E-state index in [4.69, 9.17) is 0 Å². The summed E-state index contributed by atoms with van der Waals surface area (Å²) in [5, 5.41) is 2.26. The molecule has 0 fully saturated rings. The van der Waals surface area contributed by atoms with Crippen molar-refractivity contribution in [1.82, 2.24) is 0 Å². The van der Waals surface area contributed by atoms with Gasteiger partial charge in [-0.15, -0.1) is 4.91 Å². The molecule has 3 heteroatoms. The molecular formula is C11H25NO2. The number of unbranched alkanes of at least 4 members (excludes halogenated alkanes) is 3. The van der Waals surface area contributed by atoms with E-state index in [0.717, 1.165) is 6.42 Å². The molecule has 0 aliphatic carbocycles. The van der Waals surface area contributed by atoms with Gasteiger partial charge in [-0.05, 0) is 12.3 Å². The minimum atomic E-state index is 0.446. The zero-order valence-corrected chi connectivity index (χ0v) is 10.1. The Bertz CT molecular complexity index is 101. The maximum atomic E-state index is 9.31. The molecule has 0 heterocycles. The number of hydrogen-bond acceptors (Lipinski definition) is 3. The standard InChI is InChI=1S/C6H14.C5H11NO2/c1-3-5-6-4-2;1-5(2)3-4-8-6-7/h3-6H2,1-2H3;5H,3-4H2,1-2H3.